The Bertz CT molecular complexity index is 276. The van der Waals surface area contributed by atoms with Crippen LogP contribution in [0.25, 0.3) is 0 Å². The van der Waals surface area contributed by atoms with E-state index in [1.165, 1.54) is 6.08 Å². The standard InChI is InChI=1S/C12H22N2O2/c1-9(6-12(15)16)7-13-11-4-5-14(3)8-10(11)2/h6,10-11,13H,4-5,7-8H2,1-3H3,(H,15,16). The topological polar surface area (TPSA) is 52.6 Å². The van der Waals surface area contributed by atoms with Crippen LogP contribution in [0.5, 0.6) is 0 Å². The summed E-state index contributed by atoms with van der Waals surface area (Å²) >= 11 is 0. The first-order valence-electron chi connectivity index (χ1n) is 5.81. The van der Waals surface area contributed by atoms with Crippen molar-refractivity contribution in [1.29, 1.82) is 0 Å². The third kappa shape index (κ3) is 4.33. The molecule has 1 aliphatic heterocycles. The van der Waals surface area contributed by atoms with E-state index in [4.69, 9.17) is 5.11 Å². The molecular formula is C12H22N2O2. The fourth-order valence-corrected chi connectivity index (χ4v) is 2.21. The summed E-state index contributed by atoms with van der Waals surface area (Å²) in [6.45, 7) is 6.98. The average Bonchev–Trinajstić information content (AvgIpc) is 2.15. The zero-order valence-corrected chi connectivity index (χ0v) is 10.4. The van der Waals surface area contributed by atoms with Gasteiger partial charge in [0.05, 0.1) is 0 Å². The van der Waals surface area contributed by atoms with Crippen LogP contribution in [0.4, 0.5) is 0 Å². The van der Waals surface area contributed by atoms with Gasteiger partial charge in [0, 0.05) is 25.2 Å². The molecule has 0 radical (unpaired) electrons. The van der Waals surface area contributed by atoms with Gasteiger partial charge in [-0.05, 0) is 32.9 Å². The molecule has 2 N–H and O–H groups in total. The number of hydrogen-bond donors (Lipinski definition) is 2. The van der Waals surface area contributed by atoms with Crippen molar-refractivity contribution in [1.82, 2.24) is 10.2 Å². The number of rotatable bonds is 4. The van der Waals surface area contributed by atoms with Crippen molar-refractivity contribution in [3.05, 3.63) is 11.6 Å². The molecule has 0 spiro atoms. The van der Waals surface area contributed by atoms with Crippen molar-refractivity contribution >= 4 is 5.97 Å². The monoisotopic (exact) mass is 226 g/mol. The van der Waals surface area contributed by atoms with E-state index >= 15 is 0 Å². The lowest BCUT2D eigenvalue weighted by atomic mass is 9.94. The zero-order valence-electron chi connectivity index (χ0n) is 10.4. The smallest absolute Gasteiger partial charge is 0.328 e. The molecule has 0 amide bonds. The molecule has 4 heteroatoms. The van der Waals surface area contributed by atoms with E-state index in [0.29, 0.717) is 18.5 Å². The molecule has 1 fully saturated rings. The Kier molecular flexibility index (Phi) is 4.96. The van der Waals surface area contributed by atoms with Crippen molar-refractivity contribution in [2.45, 2.75) is 26.3 Å². The van der Waals surface area contributed by atoms with E-state index in [0.717, 1.165) is 25.1 Å². The number of nitrogens with zero attached hydrogens (tertiary/aromatic N) is 1. The summed E-state index contributed by atoms with van der Waals surface area (Å²) in [4.78, 5) is 12.8. The second-order valence-corrected chi connectivity index (χ2v) is 4.84. The van der Waals surface area contributed by atoms with Gasteiger partial charge in [0.15, 0.2) is 0 Å². The highest BCUT2D eigenvalue weighted by atomic mass is 16.4. The first kappa shape index (κ1) is 13.2. The van der Waals surface area contributed by atoms with Crippen LogP contribution >= 0.6 is 0 Å². The largest absolute Gasteiger partial charge is 0.478 e. The molecule has 0 aromatic heterocycles. The van der Waals surface area contributed by atoms with E-state index in [1.807, 2.05) is 6.92 Å². The van der Waals surface area contributed by atoms with Gasteiger partial charge < -0.3 is 15.3 Å². The van der Waals surface area contributed by atoms with Gasteiger partial charge in [-0.1, -0.05) is 12.5 Å². The predicted molar refractivity (Wildman–Crippen MR) is 64.5 cm³/mol. The molecule has 2 atom stereocenters. The van der Waals surface area contributed by atoms with Gasteiger partial charge in [0.25, 0.3) is 0 Å². The lowest BCUT2D eigenvalue weighted by molar-refractivity contribution is -0.131. The SMILES string of the molecule is CC(=CC(=O)O)CNC1CCN(C)CC1C. The third-order valence-corrected chi connectivity index (χ3v) is 3.12. The highest BCUT2D eigenvalue weighted by Crippen LogP contribution is 2.15. The van der Waals surface area contributed by atoms with Crippen LogP contribution in [0.3, 0.4) is 0 Å². The molecule has 1 saturated heterocycles. The Labute approximate surface area is 97.3 Å². The molecule has 1 heterocycles. The van der Waals surface area contributed by atoms with Crippen molar-refractivity contribution in [3.63, 3.8) is 0 Å². The van der Waals surface area contributed by atoms with Gasteiger partial charge in [0.1, 0.15) is 0 Å². The summed E-state index contributed by atoms with van der Waals surface area (Å²) < 4.78 is 0. The summed E-state index contributed by atoms with van der Waals surface area (Å²) in [5.74, 6) is -0.243. The molecule has 1 aliphatic rings. The number of likely N-dealkylation sites (tertiary alicyclic amines) is 1. The number of hydrogen-bond acceptors (Lipinski definition) is 3. The van der Waals surface area contributed by atoms with Gasteiger partial charge in [-0.2, -0.15) is 0 Å². The number of carboxylic acids is 1. The van der Waals surface area contributed by atoms with Crippen LogP contribution in [0.1, 0.15) is 20.3 Å². The van der Waals surface area contributed by atoms with Crippen LogP contribution in [-0.4, -0.2) is 48.7 Å². The Hall–Kier alpha value is -0.870. The molecule has 1 rings (SSSR count). The van der Waals surface area contributed by atoms with Crippen molar-refractivity contribution < 1.29 is 9.90 Å². The Balaban J connectivity index is 2.35. The molecule has 0 aliphatic carbocycles. The molecule has 92 valence electrons. The molecule has 0 aromatic rings. The molecule has 0 saturated carbocycles. The van der Waals surface area contributed by atoms with E-state index in [-0.39, 0.29) is 0 Å². The van der Waals surface area contributed by atoms with Gasteiger partial charge in [0.2, 0.25) is 0 Å². The van der Waals surface area contributed by atoms with E-state index in [2.05, 4.69) is 24.2 Å². The fraction of sp³-hybridized carbons (Fsp3) is 0.750. The molecule has 2 unspecified atom stereocenters. The summed E-state index contributed by atoms with van der Waals surface area (Å²) in [6.07, 6.45) is 2.41. The number of piperidine rings is 1. The Morgan fingerprint density at radius 2 is 2.31 bits per heavy atom. The minimum Gasteiger partial charge on any atom is -0.478 e. The first-order valence-corrected chi connectivity index (χ1v) is 5.81. The normalized spacial score (nSPS) is 28.1. The summed E-state index contributed by atoms with van der Waals surface area (Å²) in [7, 11) is 2.14. The van der Waals surface area contributed by atoms with Gasteiger partial charge in [-0.15, -0.1) is 0 Å². The second-order valence-electron chi connectivity index (χ2n) is 4.84. The second kappa shape index (κ2) is 6.01. The molecule has 4 nitrogen and oxygen atoms in total. The number of carboxylic acid groups (broad SMARTS) is 1. The van der Waals surface area contributed by atoms with E-state index < -0.39 is 5.97 Å². The Morgan fingerprint density at radius 1 is 1.62 bits per heavy atom. The lowest BCUT2D eigenvalue weighted by Crippen LogP contribution is -2.47. The molecule has 0 aromatic carbocycles. The zero-order chi connectivity index (χ0) is 12.1. The molecule has 16 heavy (non-hydrogen) atoms. The van der Waals surface area contributed by atoms with Crippen molar-refractivity contribution in [3.8, 4) is 0 Å². The fourth-order valence-electron chi connectivity index (χ4n) is 2.21. The lowest BCUT2D eigenvalue weighted by Gasteiger charge is -2.35. The van der Waals surface area contributed by atoms with Crippen LogP contribution in [-0.2, 0) is 4.79 Å². The van der Waals surface area contributed by atoms with Crippen LogP contribution in [0.15, 0.2) is 11.6 Å². The van der Waals surface area contributed by atoms with Crippen molar-refractivity contribution in [2.75, 3.05) is 26.7 Å². The van der Waals surface area contributed by atoms with Gasteiger partial charge in [-0.25, -0.2) is 4.79 Å². The van der Waals surface area contributed by atoms with Crippen molar-refractivity contribution in [2.24, 2.45) is 5.92 Å². The van der Waals surface area contributed by atoms with Crippen LogP contribution in [0.2, 0.25) is 0 Å². The number of aliphatic carboxylic acids is 1. The predicted octanol–water partition coefficient (Wildman–Crippen LogP) is 0.947. The minimum atomic E-state index is -0.865. The molecule has 0 bridgehead atoms. The maximum Gasteiger partial charge on any atom is 0.328 e. The van der Waals surface area contributed by atoms with Crippen LogP contribution < -0.4 is 5.32 Å². The maximum absolute atomic E-state index is 10.5. The maximum atomic E-state index is 10.5. The molecular weight excluding hydrogens is 204 g/mol. The highest BCUT2D eigenvalue weighted by molar-refractivity contribution is 5.80. The Morgan fingerprint density at radius 3 is 2.88 bits per heavy atom. The van der Waals surface area contributed by atoms with Crippen LogP contribution in [0, 0.1) is 5.92 Å². The quantitative estimate of drug-likeness (QED) is 0.701. The van der Waals surface area contributed by atoms with Gasteiger partial charge in [-0.3, -0.25) is 0 Å². The van der Waals surface area contributed by atoms with E-state index in [1.54, 1.807) is 0 Å². The summed E-state index contributed by atoms with van der Waals surface area (Å²) in [5, 5.41) is 12.0. The number of carbonyl (C=O) groups is 1. The average molecular weight is 226 g/mol. The minimum absolute atomic E-state index is 0.508. The van der Waals surface area contributed by atoms with E-state index in [9.17, 15) is 4.79 Å². The third-order valence-electron chi connectivity index (χ3n) is 3.12. The first-order chi connectivity index (χ1) is 7.49. The highest BCUT2D eigenvalue weighted by Gasteiger charge is 2.23. The summed E-state index contributed by atoms with van der Waals surface area (Å²) in [6, 6.07) is 0.508. The van der Waals surface area contributed by atoms with Gasteiger partial charge >= 0.3 is 5.97 Å². The number of nitrogens with one attached hydrogen (secondary N) is 1. The summed E-state index contributed by atoms with van der Waals surface area (Å²) in [5.41, 5.74) is 0.874.